The Labute approximate surface area is 105 Å². The molecular weight excluding hydrogens is 246 g/mol. The van der Waals surface area contributed by atoms with Crippen molar-refractivity contribution in [3.05, 3.63) is 29.3 Å². The highest BCUT2D eigenvalue weighted by Gasteiger charge is 2.37. The van der Waals surface area contributed by atoms with E-state index in [1.807, 2.05) is 11.8 Å². The van der Waals surface area contributed by atoms with Gasteiger partial charge < -0.3 is 10.2 Å². The second kappa shape index (κ2) is 4.42. The normalized spacial score (nSPS) is 26.2. The predicted molar refractivity (Wildman–Crippen MR) is 65.9 cm³/mol. The summed E-state index contributed by atoms with van der Waals surface area (Å²) in [4.78, 5) is 2.03. The van der Waals surface area contributed by atoms with Crippen molar-refractivity contribution in [3.63, 3.8) is 0 Å². The summed E-state index contributed by atoms with van der Waals surface area (Å²) >= 11 is 0. The zero-order valence-electron chi connectivity index (χ0n) is 9.54. The van der Waals surface area contributed by atoms with Crippen molar-refractivity contribution in [2.75, 3.05) is 18.0 Å². The molecule has 0 bridgehead atoms. The molecule has 94 valence electrons. The van der Waals surface area contributed by atoms with Gasteiger partial charge in [-0.05, 0) is 25.0 Å². The monoisotopic (exact) mass is 260 g/mol. The molecule has 0 aliphatic carbocycles. The maximum atomic E-state index is 13.8. The van der Waals surface area contributed by atoms with Crippen LogP contribution in [-0.4, -0.2) is 25.2 Å². The zero-order chi connectivity index (χ0) is 11.3. The summed E-state index contributed by atoms with van der Waals surface area (Å²) in [6, 6.07) is 3.43. The number of nitrogens with zero attached hydrogens (tertiary/aromatic N) is 1. The molecule has 5 heteroatoms. The first-order valence-electron chi connectivity index (χ1n) is 5.64. The van der Waals surface area contributed by atoms with Gasteiger partial charge in [-0.2, -0.15) is 0 Å². The lowest BCUT2D eigenvalue weighted by Gasteiger charge is -2.38. The second-order valence-electron chi connectivity index (χ2n) is 4.64. The van der Waals surface area contributed by atoms with Gasteiger partial charge in [0.25, 0.3) is 0 Å². The molecule has 2 atom stereocenters. The molecule has 2 aliphatic heterocycles. The number of nitrogens with one attached hydrogen (secondary N) is 1. The molecule has 1 saturated heterocycles. The van der Waals surface area contributed by atoms with Crippen molar-refractivity contribution in [1.29, 1.82) is 0 Å². The van der Waals surface area contributed by atoms with Crippen LogP contribution in [0.15, 0.2) is 12.1 Å². The van der Waals surface area contributed by atoms with E-state index in [4.69, 9.17) is 0 Å². The number of anilines is 1. The largest absolute Gasteiger partial charge is 0.360 e. The first-order chi connectivity index (χ1) is 7.68. The fourth-order valence-corrected chi connectivity index (χ4v) is 2.87. The molecule has 0 amide bonds. The molecule has 0 saturated carbocycles. The first-order valence-corrected chi connectivity index (χ1v) is 5.64. The highest BCUT2D eigenvalue weighted by Crippen LogP contribution is 2.37. The topological polar surface area (TPSA) is 15.3 Å². The third kappa shape index (κ3) is 1.79. The molecule has 1 N–H and O–H groups in total. The Hall–Kier alpha value is -0.870. The van der Waals surface area contributed by atoms with Crippen LogP contribution in [0.1, 0.15) is 12.5 Å². The van der Waals surface area contributed by atoms with E-state index >= 15 is 0 Å². The number of hydrogen-bond donors (Lipinski definition) is 1. The molecule has 2 aliphatic rings. The Morgan fingerprint density at radius 3 is 2.82 bits per heavy atom. The number of hydrogen-bond acceptors (Lipinski definition) is 2. The lowest BCUT2D eigenvalue weighted by atomic mass is 10.1. The summed E-state index contributed by atoms with van der Waals surface area (Å²) < 4.78 is 27.1. The van der Waals surface area contributed by atoms with Crippen molar-refractivity contribution >= 4 is 18.1 Å². The van der Waals surface area contributed by atoms with Crippen molar-refractivity contribution in [2.24, 2.45) is 0 Å². The van der Waals surface area contributed by atoms with Crippen LogP contribution in [0.2, 0.25) is 0 Å². The van der Waals surface area contributed by atoms with Crippen LogP contribution in [0.4, 0.5) is 14.5 Å². The predicted octanol–water partition coefficient (Wildman–Crippen LogP) is 2.11. The summed E-state index contributed by atoms with van der Waals surface area (Å²) in [5.41, 5.74) is 1.42. The van der Waals surface area contributed by atoms with Gasteiger partial charge in [0, 0.05) is 25.2 Å². The molecule has 1 fully saturated rings. The van der Waals surface area contributed by atoms with Crippen LogP contribution in [-0.2, 0) is 6.42 Å². The highest BCUT2D eigenvalue weighted by atomic mass is 35.5. The number of halogens is 3. The number of piperazine rings is 1. The van der Waals surface area contributed by atoms with Gasteiger partial charge in [-0.25, -0.2) is 8.78 Å². The number of benzene rings is 1. The van der Waals surface area contributed by atoms with Crippen molar-refractivity contribution in [2.45, 2.75) is 25.4 Å². The van der Waals surface area contributed by atoms with Crippen LogP contribution >= 0.6 is 12.4 Å². The fourth-order valence-electron chi connectivity index (χ4n) is 2.87. The summed E-state index contributed by atoms with van der Waals surface area (Å²) in [5, 5.41) is 3.32. The lowest BCUT2D eigenvalue weighted by molar-refractivity contribution is 0.422. The van der Waals surface area contributed by atoms with E-state index in [-0.39, 0.29) is 24.5 Å². The summed E-state index contributed by atoms with van der Waals surface area (Å²) in [6.07, 6.45) is 0.809. The average molecular weight is 261 g/mol. The maximum absolute atomic E-state index is 13.8. The Morgan fingerprint density at radius 2 is 2.06 bits per heavy atom. The van der Waals surface area contributed by atoms with E-state index in [0.29, 0.717) is 5.69 Å². The summed E-state index contributed by atoms with van der Waals surface area (Å²) in [5.74, 6) is -1.43. The SMILES string of the molecule is C[C@@H]1CNC[C@@H]2Cc3ccc(F)c(F)c3N21.Cl. The quantitative estimate of drug-likeness (QED) is 0.769. The van der Waals surface area contributed by atoms with E-state index in [1.165, 1.54) is 6.07 Å². The molecule has 17 heavy (non-hydrogen) atoms. The third-order valence-electron chi connectivity index (χ3n) is 3.55. The highest BCUT2D eigenvalue weighted by molar-refractivity contribution is 5.85. The van der Waals surface area contributed by atoms with E-state index < -0.39 is 11.6 Å². The molecule has 1 aromatic carbocycles. The number of fused-ring (bicyclic) bond motifs is 3. The van der Waals surface area contributed by atoms with Crippen molar-refractivity contribution < 1.29 is 8.78 Å². The molecule has 0 spiro atoms. The maximum Gasteiger partial charge on any atom is 0.182 e. The molecule has 3 rings (SSSR count). The zero-order valence-corrected chi connectivity index (χ0v) is 10.4. The van der Waals surface area contributed by atoms with Crippen molar-refractivity contribution in [1.82, 2.24) is 5.32 Å². The van der Waals surface area contributed by atoms with Gasteiger partial charge in [0.15, 0.2) is 11.6 Å². The van der Waals surface area contributed by atoms with Gasteiger partial charge in [-0.3, -0.25) is 0 Å². The Bertz CT molecular complexity index is 439. The summed E-state index contributed by atoms with van der Waals surface area (Å²) in [6.45, 7) is 3.71. The van der Waals surface area contributed by atoms with E-state index in [1.54, 1.807) is 6.07 Å². The van der Waals surface area contributed by atoms with Crippen LogP contribution in [0.3, 0.4) is 0 Å². The summed E-state index contributed by atoms with van der Waals surface area (Å²) in [7, 11) is 0. The Kier molecular flexibility index (Phi) is 3.27. The van der Waals surface area contributed by atoms with Crippen LogP contribution in [0.25, 0.3) is 0 Å². The van der Waals surface area contributed by atoms with Gasteiger partial charge >= 0.3 is 0 Å². The van der Waals surface area contributed by atoms with E-state index in [0.717, 1.165) is 25.1 Å². The Morgan fingerprint density at radius 1 is 1.29 bits per heavy atom. The molecule has 0 aromatic heterocycles. The fraction of sp³-hybridized carbons (Fsp3) is 0.500. The van der Waals surface area contributed by atoms with Crippen molar-refractivity contribution in [3.8, 4) is 0 Å². The molecule has 2 nitrogen and oxygen atoms in total. The van der Waals surface area contributed by atoms with E-state index in [9.17, 15) is 8.78 Å². The van der Waals surface area contributed by atoms with Crippen LogP contribution in [0.5, 0.6) is 0 Å². The van der Waals surface area contributed by atoms with Gasteiger partial charge in [0.2, 0.25) is 0 Å². The Balaban J connectivity index is 0.00000108. The molecule has 0 radical (unpaired) electrons. The molecular formula is C12H15ClF2N2. The van der Waals surface area contributed by atoms with Gasteiger partial charge in [-0.1, -0.05) is 6.07 Å². The first kappa shape index (κ1) is 12.6. The molecule has 0 unspecified atom stereocenters. The average Bonchev–Trinajstić information content (AvgIpc) is 2.64. The van der Waals surface area contributed by atoms with Crippen LogP contribution in [0, 0.1) is 11.6 Å². The van der Waals surface area contributed by atoms with E-state index in [2.05, 4.69) is 5.32 Å². The third-order valence-corrected chi connectivity index (χ3v) is 3.55. The van der Waals surface area contributed by atoms with Gasteiger partial charge in [-0.15, -0.1) is 12.4 Å². The minimum absolute atomic E-state index is 0. The standard InChI is InChI=1S/C12H14F2N2.ClH/c1-7-5-15-6-9-4-8-2-3-10(13)11(14)12(8)16(7)9;/h2-3,7,9,15H,4-6H2,1H3;1H/t7-,9+;/m1./s1. The van der Waals surface area contributed by atoms with Gasteiger partial charge in [0.1, 0.15) is 0 Å². The lowest BCUT2D eigenvalue weighted by Crippen LogP contribution is -2.55. The van der Waals surface area contributed by atoms with Gasteiger partial charge in [0.05, 0.1) is 5.69 Å². The molecule has 1 aromatic rings. The minimum Gasteiger partial charge on any atom is -0.360 e. The minimum atomic E-state index is -0.745. The number of rotatable bonds is 0. The second-order valence-corrected chi connectivity index (χ2v) is 4.64. The molecule has 2 heterocycles. The smallest absolute Gasteiger partial charge is 0.182 e. The van der Waals surface area contributed by atoms with Crippen LogP contribution < -0.4 is 10.2 Å².